The average molecular weight is 237 g/mol. The minimum absolute atomic E-state index is 0.264. The fraction of sp³-hybridized carbons (Fsp3) is 0. The number of hydrogen-bond donors (Lipinski definition) is 1. The lowest BCUT2D eigenvalue weighted by atomic mass is 10.1. The van der Waals surface area contributed by atoms with Gasteiger partial charge in [-0.05, 0) is 48.0 Å². The summed E-state index contributed by atoms with van der Waals surface area (Å²) in [6.07, 6.45) is 0. The summed E-state index contributed by atoms with van der Waals surface area (Å²) < 4.78 is 12.8. The fourth-order valence-corrected chi connectivity index (χ4v) is 1.86. The van der Waals surface area contributed by atoms with Crippen molar-refractivity contribution in [2.75, 3.05) is 0 Å². The van der Waals surface area contributed by atoms with E-state index in [1.54, 1.807) is 18.2 Å². The first-order chi connectivity index (χ1) is 8.76. The van der Waals surface area contributed by atoms with Crippen LogP contribution in [0.4, 0.5) is 4.39 Å². The number of halogens is 1. The van der Waals surface area contributed by atoms with E-state index < -0.39 is 0 Å². The third-order valence-electron chi connectivity index (χ3n) is 2.74. The van der Waals surface area contributed by atoms with Crippen molar-refractivity contribution >= 4 is 11.0 Å². The summed E-state index contributed by atoms with van der Waals surface area (Å²) in [5.74, 6) is -0.264. The largest absolute Gasteiger partial charge is 0.353 e. The maximum absolute atomic E-state index is 12.8. The van der Waals surface area contributed by atoms with Gasteiger partial charge >= 0.3 is 0 Å². The number of nitrogens with one attached hydrogen (secondary N) is 1. The number of benzene rings is 1. The molecule has 0 amide bonds. The van der Waals surface area contributed by atoms with Gasteiger partial charge in [0, 0.05) is 5.69 Å². The van der Waals surface area contributed by atoms with Gasteiger partial charge in [0.25, 0.3) is 0 Å². The minimum atomic E-state index is -0.264. The van der Waals surface area contributed by atoms with E-state index in [0.717, 1.165) is 22.3 Å². The molecule has 0 unspecified atom stereocenters. The predicted molar refractivity (Wildman–Crippen MR) is 66.2 cm³/mol. The van der Waals surface area contributed by atoms with Gasteiger partial charge in [-0.2, -0.15) is 5.26 Å². The summed E-state index contributed by atoms with van der Waals surface area (Å²) in [6, 6.07) is 13.5. The number of aromatic nitrogens is 2. The van der Waals surface area contributed by atoms with Crippen LogP contribution in [-0.4, -0.2) is 9.97 Å². The van der Waals surface area contributed by atoms with Crippen LogP contribution in [-0.2, 0) is 0 Å². The quantitative estimate of drug-likeness (QED) is 0.706. The smallest absolute Gasteiger partial charge is 0.141 e. The predicted octanol–water partition coefficient (Wildman–Crippen LogP) is 3.24. The highest BCUT2D eigenvalue weighted by atomic mass is 19.1. The van der Waals surface area contributed by atoms with E-state index >= 15 is 0 Å². The molecular formula is C14H8FN3. The molecule has 0 aliphatic carbocycles. The summed E-state index contributed by atoms with van der Waals surface area (Å²) >= 11 is 0. The summed E-state index contributed by atoms with van der Waals surface area (Å²) in [4.78, 5) is 7.38. The second-order valence-corrected chi connectivity index (χ2v) is 3.93. The van der Waals surface area contributed by atoms with Crippen LogP contribution in [0.5, 0.6) is 0 Å². The molecule has 2 aromatic heterocycles. The van der Waals surface area contributed by atoms with Crippen LogP contribution in [0.25, 0.3) is 22.3 Å². The lowest BCUT2D eigenvalue weighted by Gasteiger charge is -1.96. The third-order valence-corrected chi connectivity index (χ3v) is 2.74. The zero-order valence-electron chi connectivity index (χ0n) is 9.31. The summed E-state index contributed by atoms with van der Waals surface area (Å²) in [7, 11) is 0. The molecule has 4 heteroatoms. The van der Waals surface area contributed by atoms with Crippen molar-refractivity contribution in [3.63, 3.8) is 0 Å². The normalized spacial score (nSPS) is 10.4. The van der Waals surface area contributed by atoms with Crippen LogP contribution < -0.4 is 0 Å². The molecule has 3 aromatic rings. The fourth-order valence-electron chi connectivity index (χ4n) is 1.86. The average Bonchev–Trinajstić information content (AvgIpc) is 2.82. The van der Waals surface area contributed by atoms with Crippen molar-refractivity contribution < 1.29 is 4.39 Å². The second kappa shape index (κ2) is 3.97. The number of aromatic amines is 1. The number of H-pyrrole nitrogens is 1. The number of fused-ring (bicyclic) bond motifs is 1. The number of rotatable bonds is 1. The third kappa shape index (κ3) is 1.72. The molecule has 18 heavy (non-hydrogen) atoms. The van der Waals surface area contributed by atoms with Gasteiger partial charge in [-0.25, -0.2) is 9.37 Å². The summed E-state index contributed by atoms with van der Waals surface area (Å²) in [5.41, 5.74) is 3.70. The van der Waals surface area contributed by atoms with Crippen molar-refractivity contribution in [3.8, 4) is 17.3 Å². The molecule has 1 N–H and O–H groups in total. The maximum Gasteiger partial charge on any atom is 0.141 e. The van der Waals surface area contributed by atoms with E-state index in [0.29, 0.717) is 5.69 Å². The number of nitrogens with zero attached hydrogens (tertiary/aromatic N) is 2. The Morgan fingerprint density at radius 3 is 2.61 bits per heavy atom. The van der Waals surface area contributed by atoms with Crippen LogP contribution in [0, 0.1) is 17.1 Å². The molecule has 3 rings (SSSR count). The van der Waals surface area contributed by atoms with Gasteiger partial charge in [-0.15, -0.1) is 0 Å². The first-order valence-electron chi connectivity index (χ1n) is 5.42. The first kappa shape index (κ1) is 10.5. The van der Waals surface area contributed by atoms with Crippen molar-refractivity contribution in [2.24, 2.45) is 0 Å². The van der Waals surface area contributed by atoms with Gasteiger partial charge < -0.3 is 4.98 Å². The standard InChI is InChI=1S/C14H8FN3/c15-10-3-1-9(2-4-10)13-7-14-12(18-13)6-5-11(8-16)17-14/h1-7,18H. The van der Waals surface area contributed by atoms with E-state index in [9.17, 15) is 4.39 Å². The molecule has 2 heterocycles. The molecule has 0 saturated carbocycles. The molecule has 0 aliphatic heterocycles. The van der Waals surface area contributed by atoms with Crippen LogP contribution in [0.15, 0.2) is 42.5 Å². The lowest BCUT2D eigenvalue weighted by molar-refractivity contribution is 0.628. The van der Waals surface area contributed by atoms with Crippen LogP contribution in [0.2, 0.25) is 0 Å². The van der Waals surface area contributed by atoms with Crippen molar-refractivity contribution in [1.82, 2.24) is 9.97 Å². The Kier molecular flexibility index (Phi) is 2.31. The van der Waals surface area contributed by atoms with Gasteiger partial charge in [0.05, 0.1) is 11.0 Å². The number of nitriles is 1. The molecule has 0 aliphatic rings. The highest BCUT2D eigenvalue weighted by Gasteiger charge is 2.05. The zero-order chi connectivity index (χ0) is 12.5. The Morgan fingerprint density at radius 1 is 1.11 bits per heavy atom. The van der Waals surface area contributed by atoms with Crippen molar-refractivity contribution in [3.05, 3.63) is 54.0 Å². The molecule has 3 nitrogen and oxygen atoms in total. The Bertz CT molecular complexity index is 751. The van der Waals surface area contributed by atoms with E-state index in [1.165, 1.54) is 12.1 Å². The molecule has 1 aromatic carbocycles. The molecule has 0 atom stereocenters. The molecule has 86 valence electrons. The molecule has 0 fully saturated rings. The Balaban J connectivity index is 2.13. The van der Waals surface area contributed by atoms with Crippen LogP contribution in [0.3, 0.4) is 0 Å². The SMILES string of the molecule is N#Cc1ccc2[nH]c(-c3ccc(F)cc3)cc2n1. The molecule has 0 spiro atoms. The zero-order valence-corrected chi connectivity index (χ0v) is 9.31. The molecule has 0 saturated heterocycles. The Hall–Kier alpha value is -2.67. The number of hydrogen-bond acceptors (Lipinski definition) is 2. The molecular weight excluding hydrogens is 229 g/mol. The lowest BCUT2D eigenvalue weighted by Crippen LogP contribution is -1.80. The Labute approximate surface area is 103 Å². The summed E-state index contributed by atoms with van der Waals surface area (Å²) in [5, 5.41) is 8.79. The van der Waals surface area contributed by atoms with Crippen LogP contribution >= 0.6 is 0 Å². The van der Waals surface area contributed by atoms with E-state index in [4.69, 9.17) is 5.26 Å². The summed E-state index contributed by atoms with van der Waals surface area (Å²) in [6.45, 7) is 0. The highest BCUT2D eigenvalue weighted by molar-refractivity contribution is 5.82. The maximum atomic E-state index is 12.8. The van der Waals surface area contributed by atoms with Gasteiger partial charge in [-0.3, -0.25) is 0 Å². The Morgan fingerprint density at radius 2 is 1.89 bits per heavy atom. The van der Waals surface area contributed by atoms with Crippen molar-refractivity contribution in [2.45, 2.75) is 0 Å². The van der Waals surface area contributed by atoms with Gasteiger partial charge in [-0.1, -0.05) is 0 Å². The van der Waals surface area contributed by atoms with Crippen LogP contribution in [0.1, 0.15) is 5.69 Å². The monoisotopic (exact) mass is 237 g/mol. The topological polar surface area (TPSA) is 52.5 Å². The minimum Gasteiger partial charge on any atom is -0.353 e. The van der Waals surface area contributed by atoms with Gasteiger partial charge in [0.15, 0.2) is 0 Å². The highest BCUT2D eigenvalue weighted by Crippen LogP contribution is 2.23. The van der Waals surface area contributed by atoms with E-state index in [-0.39, 0.29) is 5.82 Å². The molecule has 0 bridgehead atoms. The van der Waals surface area contributed by atoms with Gasteiger partial charge in [0.1, 0.15) is 17.6 Å². The number of pyridine rings is 1. The van der Waals surface area contributed by atoms with Gasteiger partial charge in [0.2, 0.25) is 0 Å². The van der Waals surface area contributed by atoms with Crippen molar-refractivity contribution in [1.29, 1.82) is 5.26 Å². The second-order valence-electron chi connectivity index (χ2n) is 3.93. The van der Waals surface area contributed by atoms with E-state index in [1.807, 2.05) is 18.2 Å². The first-order valence-corrected chi connectivity index (χ1v) is 5.42. The van der Waals surface area contributed by atoms with E-state index in [2.05, 4.69) is 9.97 Å². The molecule has 0 radical (unpaired) electrons.